The van der Waals surface area contributed by atoms with Crippen molar-refractivity contribution in [3.05, 3.63) is 41.5 Å². The average molecular weight is 203 g/mol. The normalized spacial score (nSPS) is 10.5. The zero-order chi connectivity index (χ0) is 10.7. The van der Waals surface area contributed by atoms with E-state index in [1.165, 1.54) is 0 Å². The van der Waals surface area contributed by atoms with Crippen molar-refractivity contribution in [3.8, 4) is 0 Å². The van der Waals surface area contributed by atoms with Gasteiger partial charge in [0.25, 0.3) is 0 Å². The first-order valence-electron chi connectivity index (χ1n) is 4.79. The molecule has 0 unspecified atom stereocenters. The van der Waals surface area contributed by atoms with Gasteiger partial charge in [0, 0.05) is 12.2 Å². The van der Waals surface area contributed by atoms with Crippen LogP contribution in [0.1, 0.15) is 17.1 Å². The molecule has 0 radical (unpaired) electrons. The molecule has 0 saturated carbocycles. The predicted molar refractivity (Wildman–Crippen MR) is 56.0 cm³/mol. The van der Waals surface area contributed by atoms with E-state index in [9.17, 15) is 0 Å². The van der Waals surface area contributed by atoms with Crippen LogP contribution in [0.4, 0.5) is 0 Å². The summed E-state index contributed by atoms with van der Waals surface area (Å²) in [6.07, 6.45) is 1.84. The molecule has 0 saturated heterocycles. The first kappa shape index (κ1) is 9.79. The molecule has 0 spiro atoms. The van der Waals surface area contributed by atoms with Crippen LogP contribution in [-0.2, 0) is 13.1 Å². The lowest BCUT2D eigenvalue weighted by Gasteiger charge is -2.00. The standard InChI is InChI=1S/C10H13N5/c1-8-3-2-4-9(12-8)6-15-7-10(5-11)13-14-15/h2-4,7H,5-6,11H2,1H3. The largest absolute Gasteiger partial charge is 0.325 e. The van der Waals surface area contributed by atoms with Crippen LogP contribution in [0.25, 0.3) is 0 Å². The summed E-state index contributed by atoms with van der Waals surface area (Å²) in [5.74, 6) is 0. The molecule has 2 aromatic rings. The highest BCUT2D eigenvalue weighted by molar-refractivity contribution is 5.10. The summed E-state index contributed by atoms with van der Waals surface area (Å²) in [4.78, 5) is 4.38. The van der Waals surface area contributed by atoms with E-state index in [1.54, 1.807) is 4.68 Å². The number of aromatic nitrogens is 4. The molecule has 15 heavy (non-hydrogen) atoms. The molecule has 0 amide bonds. The molecule has 0 atom stereocenters. The lowest BCUT2D eigenvalue weighted by Crippen LogP contribution is -2.03. The molecule has 5 heteroatoms. The molecular weight excluding hydrogens is 190 g/mol. The maximum Gasteiger partial charge on any atom is 0.0962 e. The van der Waals surface area contributed by atoms with Crippen molar-refractivity contribution in [1.82, 2.24) is 20.0 Å². The zero-order valence-electron chi connectivity index (χ0n) is 8.59. The van der Waals surface area contributed by atoms with Gasteiger partial charge >= 0.3 is 0 Å². The number of rotatable bonds is 3. The molecule has 2 aromatic heterocycles. The minimum absolute atomic E-state index is 0.418. The molecule has 2 heterocycles. The molecule has 2 rings (SSSR count). The summed E-state index contributed by atoms with van der Waals surface area (Å²) in [5.41, 5.74) is 8.22. The zero-order valence-corrected chi connectivity index (χ0v) is 8.59. The van der Waals surface area contributed by atoms with Gasteiger partial charge in [0.15, 0.2) is 0 Å². The third kappa shape index (κ3) is 2.38. The molecule has 0 aromatic carbocycles. The van der Waals surface area contributed by atoms with Gasteiger partial charge in [-0.05, 0) is 19.1 Å². The van der Waals surface area contributed by atoms with Crippen LogP contribution < -0.4 is 5.73 Å². The first-order chi connectivity index (χ1) is 7.28. The predicted octanol–water partition coefficient (Wildman–Crippen LogP) is 0.489. The quantitative estimate of drug-likeness (QED) is 0.788. The smallest absolute Gasteiger partial charge is 0.0962 e. The fourth-order valence-corrected chi connectivity index (χ4v) is 1.36. The van der Waals surface area contributed by atoms with Crippen molar-refractivity contribution in [1.29, 1.82) is 0 Å². The van der Waals surface area contributed by atoms with Gasteiger partial charge in [-0.1, -0.05) is 11.3 Å². The van der Waals surface area contributed by atoms with Gasteiger partial charge in [0.05, 0.1) is 24.1 Å². The Bertz CT molecular complexity index is 449. The van der Waals surface area contributed by atoms with Gasteiger partial charge in [0.2, 0.25) is 0 Å². The Morgan fingerprint density at radius 3 is 2.87 bits per heavy atom. The van der Waals surface area contributed by atoms with Gasteiger partial charge in [-0.3, -0.25) is 4.98 Å². The second-order valence-corrected chi connectivity index (χ2v) is 3.38. The number of hydrogen-bond acceptors (Lipinski definition) is 4. The molecule has 0 bridgehead atoms. The Hall–Kier alpha value is -1.75. The number of nitrogens with two attached hydrogens (primary N) is 1. The molecule has 0 fully saturated rings. The minimum Gasteiger partial charge on any atom is -0.325 e. The summed E-state index contributed by atoms with van der Waals surface area (Å²) in [5, 5.41) is 7.87. The van der Waals surface area contributed by atoms with E-state index in [-0.39, 0.29) is 0 Å². The number of aryl methyl sites for hydroxylation is 1. The summed E-state index contributed by atoms with van der Waals surface area (Å²) < 4.78 is 1.74. The van der Waals surface area contributed by atoms with Gasteiger partial charge in [0.1, 0.15) is 0 Å². The van der Waals surface area contributed by atoms with Crippen LogP contribution in [0.2, 0.25) is 0 Å². The highest BCUT2D eigenvalue weighted by Gasteiger charge is 2.00. The van der Waals surface area contributed by atoms with Crippen molar-refractivity contribution in [3.63, 3.8) is 0 Å². The Labute approximate surface area is 87.9 Å². The SMILES string of the molecule is Cc1cccc(Cn2cc(CN)nn2)n1. The molecule has 0 aliphatic carbocycles. The van der Waals surface area contributed by atoms with E-state index in [0.29, 0.717) is 13.1 Å². The number of hydrogen-bond donors (Lipinski definition) is 1. The maximum atomic E-state index is 5.45. The monoisotopic (exact) mass is 203 g/mol. The minimum atomic E-state index is 0.418. The van der Waals surface area contributed by atoms with Crippen LogP contribution in [0.5, 0.6) is 0 Å². The summed E-state index contributed by atoms with van der Waals surface area (Å²) in [6, 6.07) is 5.92. The Morgan fingerprint density at radius 1 is 1.33 bits per heavy atom. The number of pyridine rings is 1. The van der Waals surface area contributed by atoms with E-state index in [4.69, 9.17) is 5.73 Å². The van der Waals surface area contributed by atoms with Crippen molar-refractivity contribution >= 4 is 0 Å². The third-order valence-corrected chi connectivity index (χ3v) is 2.07. The fraction of sp³-hybridized carbons (Fsp3) is 0.300. The van der Waals surface area contributed by atoms with E-state index in [0.717, 1.165) is 17.1 Å². The van der Waals surface area contributed by atoms with E-state index in [1.807, 2.05) is 31.3 Å². The van der Waals surface area contributed by atoms with Crippen molar-refractivity contribution in [2.24, 2.45) is 5.73 Å². The van der Waals surface area contributed by atoms with Crippen molar-refractivity contribution in [2.45, 2.75) is 20.0 Å². The Balaban J connectivity index is 2.14. The second-order valence-electron chi connectivity index (χ2n) is 3.38. The van der Waals surface area contributed by atoms with E-state index >= 15 is 0 Å². The van der Waals surface area contributed by atoms with Gasteiger partial charge < -0.3 is 5.73 Å². The van der Waals surface area contributed by atoms with Gasteiger partial charge in [-0.15, -0.1) is 5.10 Å². The molecule has 78 valence electrons. The summed E-state index contributed by atoms with van der Waals surface area (Å²) in [6.45, 7) is 3.02. The van der Waals surface area contributed by atoms with Crippen molar-refractivity contribution in [2.75, 3.05) is 0 Å². The molecule has 0 aliphatic heterocycles. The maximum absolute atomic E-state index is 5.45. The van der Waals surface area contributed by atoms with Crippen LogP contribution in [0, 0.1) is 6.92 Å². The molecule has 5 nitrogen and oxygen atoms in total. The highest BCUT2D eigenvalue weighted by Crippen LogP contribution is 2.01. The van der Waals surface area contributed by atoms with Crippen LogP contribution in [0.3, 0.4) is 0 Å². The van der Waals surface area contributed by atoms with Crippen molar-refractivity contribution < 1.29 is 0 Å². The lowest BCUT2D eigenvalue weighted by molar-refractivity contribution is 0.637. The Kier molecular flexibility index (Phi) is 2.73. The molecule has 2 N–H and O–H groups in total. The van der Waals surface area contributed by atoms with Crippen LogP contribution >= 0.6 is 0 Å². The topological polar surface area (TPSA) is 69.6 Å². The molecule has 0 aliphatic rings. The second kappa shape index (κ2) is 4.18. The summed E-state index contributed by atoms with van der Waals surface area (Å²) >= 11 is 0. The summed E-state index contributed by atoms with van der Waals surface area (Å²) in [7, 11) is 0. The third-order valence-electron chi connectivity index (χ3n) is 2.07. The van der Waals surface area contributed by atoms with Gasteiger partial charge in [-0.2, -0.15) is 0 Å². The van der Waals surface area contributed by atoms with Gasteiger partial charge in [-0.25, -0.2) is 4.68 Å². The molecular formula is C10H13N5. The van der Waals surface area contributed by atoms with Crippen LogP contribution in [0.15, 0.2) is 24.4 Å². The van der Waals surface area contributed by atoms with Crippen LogP contribution in [-0.4, -0.2) is 20.0 Å². The number of nitrogens with zero attached hydrogens (tertiary/aromatic N) is 4. The van der Waals surface area contributed by atoms with E-state index < -0.39 is 0 Å². The highest BCUT2D eigenvalue weighted by atomic mass is 15.4. The Morgan fingerprint density at radius 2 is 2.20 bits per heavy atom. The average Bonchev–Trinajstić information content (AvgIpc) is 2.65. The van der Waals surface area contributed by atoms with E-state index in [2.05, 4.69) is 15.3 Å². The first-order valence-corrected chi connectivity index (χ1v) is 4.79. The lowest BCUT2D eigenvalue weighted by atomic mass is 10.3. The fourth-order valence-electron chi connectivity index (χ4n) is 1.36.